The second-order valence-corrected chi connectivity index (χ2v) is 6.03. The molecule has 0 spiro atoms. The summed E-state index contributed by atoms with van der Waals surface area (Å²) in [6.07, 6.45) is 0. The first-order chi connectivity index (χ1) is 13.5. The second kappa shape index (κ2) is 9.01. The maximum absolute atomic E-state index is 12.1. The van der Waals surface area contributed by atoms with Crippen LogP contribution in [0, 0.1) is 0 Å². The molecule has 1 heterocycles. The van der Waals surface area contributed by atoms with Crippen LogP contribution in [-0.2, 0) is 16.1 Å². The van der Waals surface area contributed by atoms with E-state index in [0.717, 1.165) is 5.56 Å². The minimum Gasteiger partial charge on any atom is -0.497 e. The summed E-state index contributed by atoms with van der Waals surface area (Å²) >= 11 is 5.84. The average Bonchev–Trinajstić information content (AvgIpc) is 3.20. The van der Waals surface area contributed by atoms with Gasteiger partial charge in [-0.15, -0.1) is 0 Å². The van der Waals surface area contributed by atoms with Gasteiger partial charge < -0.3 is 19.3 Å². The van der Waals surface area contributed by atoms with Gasteiger partial charge in [0.15, 0.2) is 6.61 Å². The van der Waals surface area contributed by atoms with Crippen molar-refractivity contribution in [1.82, 2.24) is 15.5 Å². The summed E-state index contributed by atoms with van der Waals surface area (Å²) < 4.78 is 15.1. The Morgan fingerprint density at radius 3 is 2.71 bits per heavy atom. The predicted molar refractivity (Wildman–Crippen MR) is 99.9 cm³/mol. The highest BCUT2D eigenvalue weighted by Crippen LogP contribution is 2.18. The predicted octanol–water partition coefficient (Wildman–Crippen LogP) is 2.87. The summed E-state index contributed by atoms with van der Waals surface area (Å²) in [5, 5.41) is 6.89. The van der Waals surface area contributed by atoms with Gasteiger partial charge in [-0.3, -0.25) is 9.59 Å². The molecular weight excluding hydrogens is 386 g/mol. The first kappa shape index (κ1) is 19.4. The van der Waals surface area contributed by atoms with Gasteiger partial charge in [0.05, 0.1) is 7.11 Å². The van der Waals surface area contributed by atoms with Gasteiger partial charge in [-0.25, -0.2) is 0 Å². The zero-order chi connectivity index (χ0) is 19.9. The lowest BCUT2D eigenvalue weighted by atomic mass is 10.2. The Morgan fingerprint density at radius 2 is 1.96 bits per heavy atom. The molecule has 1 amide bonds. The van der Waals surface area contributed by atoms with Gasteiger partial charge in [-0.1, -0.05) is 22.8 Å². The summed E-state index contributed by atoms with van der Waals surface area (Å²) in [4.78, 5) is 28.0. The largest absolute Gasteiger partial charge is 0.497 e. The Labute approximate surface area is 165 Å². The smallest absolute Gasteiger partial charge is 0.325 e. The zero-order valence-electron chi connectivity index (χ0n) is 14.8. The molecule has 2 aromatic carbocycles. The molecule has 0 saturated heterocycles. The Bertz CT molecular complexity index is 972. The summed E-state index contributed by atoms with van der Waals surface area (Å²) in [6.45, 7) is -0.497. The van der Waals surface area contributed by atoms with E-state index in [9.17, 15) is 9.59 Å². The molecule has 8 nitrogen and oxygen atoms in total. The number of rotatable bonds is 7. The lowest BCUT2D eigenvalue weighted by Crippen LogP contribution is -2.30. The van der Waals surface area contributed by atoms with Gasteiger partial charge in [0.25, 0.3) is 11.8 Å². The van der Waals surface area contributed by atoms with E-state index in [1.54, 1.807) is 48.5 Å². The first-order valence-electron chi connectivity index (χ1n) is 8.21. The highest BCUT2D eigenvalue weighted by Gasteiger charge is 2.13. The molecule has 3 rings (SSSR count). The molecule has 28 heavy (non-hydrogen) atoms. The van der Waals surface area contributed by atoms with Crippen molar-refractivity contribution in [3.63, 3.8) is 0 Å². The van der Waals surface area contributed by atoms with Crippen LogP contribution in [0.5, 0.6) is 5.75 Å². The number of hydrogen-bond donors (Lipinski definition) is 1. The standard InChI is InChI=1S/C19H16ClN3O5/c1-26-15-4-2-3-13(9-15)19(25)21-10-17(24)27-11-16-22-18(23-28-16)12-5-7-14(20)8-6-12/h2-9H,10-11H2,1H3,(H,21,25). The third-order valence-corrected chi connectivity index (χ3v) is 3.90. The average molecular weight is 402 g/mol. The fraction of sp³-hybridized carbons (Fsp3) is 0.158. The number of ether oxygens (including phenoxy) is 2. The number of carbonyl (C=O) groups excluding carboxylic acids is 2. The molecule has 144 valence electrons. The topological polar surface area (TPSA) is 104 Å². The maximum atomic E-state index is 12.1. The van der Waals surface area contributed by atoms with Gasteiger partial charge in [0.2, 0.25) is 5.82 Å². The molecule has 0 saturated carbocycles. The van der Waals surface area contributed by atoms with Gasteiger partial charge in [-0.2, -0.15) is 4.98 Å². The fourth-order valence-corrected chi connectivity index (χ4v) is 2.37. The molecule has 0 radical (unpaired) electrons. The molecule has 0 bridgehead atoms. The number of hydrogen-bond acceptors (Lipinski definition) is 7. The number of amides is 1. The highest BCUT2D eigenvalue weighted by atomic mass is 35.5. The van der Waals surface area contributed by atoms with E-state index >= 15 is 0 Å². The summed E-state index contributed by atoms with van der Waals surface area (Å²) in [5.74, 6) is -0.0178. The number of carbonyl (C=O) groups is 2. The second-order valence-electron chi connectivity index (χ2n) is 5.59. The van der Waals surface area contributed by atoms with Gasteiger partial charge >= 0.3 is 5.97 Å². The molecule has 1 aromatic heterocycles. The van der Waals surface area contributed by atoms with E-state index in [4.69, 9.17) is 25.6 Å². The number of methoxy groups -OCH3 is 1. The molecule has 0 aliphatic rings. The van der Waals surface area contributed by atoms with Crippen LogP contribution in [0.2, 0.25) is 5.02 Å². The van der Waals surface area contributed by atoms with Gasteiger partial charge in [0.1, 0.15) is 12.3 Å². The molecule has 0 atom stereocenters. The monoisotopic (exact) mass is 401 g/mol. The minimum absolute atomic E-state index is 0.137. The molecule has 9 heteroatoms. The van der Waals surface area contributed by atoms with Crippen molar-refractivity contribution in [3.8, 4) is 17.1 Å². The lowest BCUT2D eigenvalue weighted by Gasteiger charge is -2.06. The minimum atomic E-state index is -0.637. The molecular formula is C19H16ClN3O5. The van der Waals surface area contributed by atoms with Crippen molar-refractivity contribution < 1.29 is 23.6 Å². The van der Waals surface area contributed by atoms with Crippen LogP contribution in [0.1, 0.15) is 16.2 Å². The van der Waals surface area contributed by atoms with Crippen LogP contribution in [0.4, 0.5) is 0 Å². The molecule has 0 fully saturated rings. The van der Waals surface area contributed by atoms with Gasteiger partial charge in [0, 0.05) is 16.1 Å². The van der Waals surface area contributed by atoms with Crippen LogP contribution < -0.4 is 10.1 Å². The summed E-state index contributed by atoms with van der Waals surface area (Å²) in [6, 6.07) is 13.5. The van der Waals surface area contributed by atoms with E-state index in [0.29, 0.717) is 22.2 Å². The maximum Gasteiger partial charge on any atom is 0.325 e. The Kier molecular flexibility index (Phi) is 6.23. The molecule has 3 aromatic rings. The molecule has 0 aliphatic heterocycles. The number of halogens is 1. The fourth-order valence-electron chi connectivity index (χ4n) is 2.24. The quantitative estimate of drug-likeness (QED) is 0.607. The van der Waals surface area contributed by atoms with Crippen molar-refractivity contribution in [3.05, 3.63) is 65.0 Å². The van der Waals surface area contributed by atoms with Crippen LogP contribution in [0.15, 0.2) is 53.1 Å². The molecule has 0 unspecified atom stereocenters. The van der Waals surface area contributed by atoms with Crippen molar-refractivity contribution in [2.24, 2.45) is 0 Å². The third-order valence-electron chi connectivity index (χ3n) is 3.65. The third kappa shape index (κ3) is 5.08. The number of nitrogens with zero attached hydrogens (tertiary/aromatic N) is 2. The van der Waals surface area contributed by atoms with E-state index in [1.807, 2.05) is 0 Å². The number of aromatic nitrogens is 2. The van der Waals surface area contributed by atoms with Crippen LogP contribution in [0.25, 0.3) is 11.4 Å². The van der Waals surface area contributed by atoms with E-state index < -0.39 is 11.9 Å². The molecule has 1 N–H and O–H groups in total. The highest BCUT2D eigenvalue weighted by molar-refractivity contribution is 6.30. The Balaban J connectivity index is 1.48. The summed E-state index contributed by atoms with van der Waals surface area (Å²) in [7, 11) is 1.50. The van der Waals surface area contributed by atoms with Crippen LogP contribution >= 0.6 is 11.6 Å². The van der Waals surface area contributed by atoms with E-state index in [-0.39, 0.29) is 19.0 Å². The number of esters is 1. The van der Waals surface area contributed by atoms with Crippen molar-refractivity contribution >= 4 is 23.5 Å². The van der Waals surface area contributed by atoms with Crippen molar-refractivity contribution in [1.29, 1.82) is 0 Å². The Morgan fingerprint density at radius 1 is 1.18 bits per heavy atom. The van der Waals surface area contributed by atoms with Crippen molar-refractivity contribution in [2.45, 2.75) is 6.61 Å². The number of benzene rings is 2. The van der Waals surface area contributed by atoms with Crippen LogP contribution in [-0.4, -0.2) is 35.7 Å². The van der Waals surface area contributed by atoms with Crippen molar-refractivity contribution in [2.75, 3.05) is 13.7 Å². The SMILES string of the molecule is COc1cccc(C(=O)NCC(=O)OCc2nc(-c3ccc(Cl)cc3)no2)c1. The zero-order valence-corrected chi connectivity index (χ0v) is 15.6. The lowest BCUT2D eigenvalue weighted by molar-refractivity contribution is -0.144. The van der Waals surface area contributed by atoms with E-state index in [2.05, 4.69) is 15.5 Å². The molecule has 0 aliphatic carbocycles. The van der Waals surface area contributed by atoms with E-state index in [1.165, 1.54) is 7.11 Å². The number of nitrogens with one attached hydrogen (secondary N) is 1. The Hall–Kier alpha value is -3.39. The van der Waals surface area contributed by atoms with Gasteiger partial charge in [-0.05, 0) is 42.5 Å². The first-order valence-corrected chi connectivity index (χ1v) is 8.59. The summed E-state index contributed by atoms with van der Waals surface area (Å²) in [5.41, 5.74) is 1.09. The normalized spacial score (nSPS) is 10.4. The van der Waals surface area contributed by atoms with Crippen LogP contribution in [0.3, 0.4) is 0 Å².